The molecule has 0 fully saturated rings. The molecule has 0 spiro atoms. The maximum Gasteiger partial charge on any atom is 0.270 e. The molecule has 2 rings (SSSR count). The van der Waals surface area contributed by atoms with Crippen molar-refractivity contribution in [3.8, 4) is 11.5 Å². The molecule has 9 nitrogen and oxygen atoms in total. The minimum absolute atomic E-state index is 0.0145. The van der Waals surface area contributed by atoms with E-state index < -0.39 is 21.8 Å². The van der Waals surface area contributed by atoms with Gasteiger partial charge in [0, 0.05) is 24.2 Å². The Morgan fingerprint density at radius 2 is 1.61 bits per heavy atom. The van der Waals surface area contributed by atoms with Gasteiger partial charge in [-0.25, -0.2) is 8.42 Å². The molecule has 0 unspecified atom stereocenters. The number of hydrazine groups is 1. The third-order valence-electron chi connectivity index (χ3n) is 4.97. The monoisotopic (exact) mass is 477 g/mol. The van der Waals surface area contributed by atoms with E-state index in [2.05, 4.69) is 10.9 Å². The van der Waals surface area contributed by atoms with Gasteiger partial charge in [0.1, 0.15) is 0 Å². The predicted molar refractivity (Wildman–Crippen MR) is 125 cm³/mol. The molecule has 2 aromatic rings. The first kappa shape index (κ1) is 26.1. The molecule has 0 aliphatic carbocycles. The van der Waals surface area contributed by atoms with Gasteiger partial charge in [-0.3, -0.25) is 20.4 Å². The molecular weight excluding hydrogens is 446 g/mol. The maximum absolute atomic E-state index is 12.8. The zero-order valence-electron chi connectivity index (χ0n) is 19.6. The van der Waals surface area contributed by atoms with Crippen LogP contribution < -0.4 is 20.3 Å². The number of sulfonamides is 1. The van der Waals surface area contributed by atoms with Crippen LogP contribution in [0.15, 0.2) is 41.3 Å². The second kappa shape index (κ2) is 11.7. The Hall–Kier alpha value is -3.11. The van der Waals surface area contributed by atoms with Gasteiger partial charge < -0.3 is 9.47 Å². The number of hydrogen-bond donors (Lipinski definition) is 2. The topological polar surface area (TPSA) is 114 Å². The van der Waals surface area contributed by atoms with Crippen LogP contribution in [0.25, 0.3) is 0 Å². The van der Waals surface area contributed by atoms with Crippen molar-refractivity contribution in [3.05, 3.63) is 53.1 Å². The van der Waals surface area contributed by atoms with E-state index in [4.69, 9.17) is 9.47 Å². The lowest BCUT2D eigenvalue weighted by molar-refractivity contribution is 0.0846. The van der Waals surface area contributed by atoms with Gasteiger partial charge in [-0.15, -0.1) is 0 Å². The molecule has 180 valence electrons. The van der Waals surface area contributed by atoms with Gasteiger partial charge in [0.05, 0.1) is 18.6 Å². The molecule has 0 saturated heterocycles. The molecule has 0 radical (unpaired) electrons. The SMILES string of the molecule is CCCOc1ccc(C(=O)NNC(=O)c2cc(S(=O)(=O)N(CC)CC)ccc2C)cc1OC. The Morgan fingerprint density at radius 3 is 2.21 bits per heavy atom. The number of carbonyl (C=O) groups is 2. The minimum atomic E-state index is -3.73. The Morgan fingerprint density at radius 1 is 0.939 bits per heavy atom. The van der Waals surface area contributed by atoms with Crippen LogP contribution in [0.5, 0.6) is 11.5 Å². The maximum atomic E-state index is 12.8. The second-order valence-electron chi connectivity index (χ2n) is 7.19. The molecule has 0 atom stereocenters. The van der Waals surface area contributed by atoms with Crippen LogP contribution in [0, 0.1) is 6.92 Å². The zero-order chi connectivity index (χ0) is 24.6. The summed E-state index contributed by atoms with van der Waals surface area (Å²) >= 11 is 0. The zero-order valence-corrected chi connectivity index (χ0v) is 20.4. The second-order valence-corrected chi connectivity index (χ2v) is 9.13. The fourth-order valence-corrected chi connectivity index (χ4v) is 4.60. The van der Waals surface area contributed by atoms with E-state index in [0.29, 0.717) is 36.8 Å². The first-order valence-corrected chi connectivity index (χ1v) is 12.2. The van der Waals surface area contributed by atoms with E-state index >= 15 is 0 Å². The van der Waals surface area contributed by atoms with Crippen molar-refractivity contribution in [1.29, 1.82) is 0 Å². The Bertz CT molecular complexity index is 1100. The Labute approximate surface area is 195 Å². The van der Waals surface area contributed by atoms with Crippen LogP contribution >= 0.6 is 0 Å². The fraction of sp³-hybridized carbons (Fsp3) is 0.391. The van der Waals surface area contributed by atoms with Crippen molar-refractivity contribution < 1.29 is 27.5 Å². The molecule has 0 bridgehead atoms. The largest absolute Gasteiger partial charge is 0.493 e. The molecule has 10 heteroatoms. The van der Waals surface area contributed by atoms with Gasteiger partial charge in [-0.05, 0) is 49.2 Å². The number of benzene rings is 2. The Balaban J connectivity index is 2.17. The van der Waals surface area contributed by atoms with Gasteiger partial charge in [0.2, 0.25) is 10.0 Å². The summed E-state index contributed by atoms with van der Waals surface area (Å²) in [5, 5.41) is 0. The number of nitrogens with one attached hydrogen (secondary N) is 2. The van der Waals surface area contributed by atoms with E-state index in [1.54, 1.807) is 39.0 Å². The van der Waals surface area contributed by atoms with Crippen LogP contribution in [0.1, 0.15) is 53.5 Å². The Kier molecular flexibility index (Phi) is 9.24. The number of amides is 2. The summed E-state index contributed by atoms with van der Waals surface area (Å²) in [6, 6.07) is 9.02. The molecule has 0 aliphatic heterocycles. The molecule has 0 aromatic heterocycles. The van der Waals surface area contributed by atoms with Gasteiger partial charge >= 0.3 is 0 Å². The molecule has 2 aromatic carbocycles. The third-order valence-corrected chi connectivity index (χ3v) is 7.02. The number of aryl methyl sites for hydroxylation is 1. The van der Waals surface area contributed by atoms with Gasteiger partial charge in [-0.1, -0.05) is 26.8 Å². The van der Waals surface area contributed by atoms with E-state index in [-0.39, 0.29) is 16.0 Å². The number of carbonyl (C=O) groups excluding carboxylic acids is 2. The van der Waals surface area contributed by atoms with E-state index in [1.165, 1.54) is 29.6 Å². The minimum Gasteiger partial charge on any atom is -0.493 e. The average molecular weight is 478 g/mol. The third kappa shape index (κ3) is 6.23. The molecule has 2 amide bonds. The van der Waals surface area contributed by atoms with E-state index in [1.807, 2.05) is 6.92 Å². The number of ether oxygens (including phenoxy) is 2. The van der Waals surface area contributed by atoms with Crippen molar-refractivity contribution in [2.75, 3.05) is 26.8 Å². The predicted octanol–water partition coefficient (Wildman–Crippen LogP) is 2.90. The van der Waals surface area contributed by atoms with Gasteiger partial charge in [0.25, 0.3) is 11.8 Å². The lowest BCUT2D eigenvalue weighted by atomic mass is 10.1. The quantitative estimate of drug-likeness (QED) is 0.509. The van der Waals surface area contributed by atoms with Crippen molar-refractivity contribution in [2.24, 2.45) is 0 Å². The number of rotatable bonds is 10. The summed E-state index contributed by atoms with van der Waals surface area (Å²) in [7, 11) is -2.25. The summed E-state index contributed by atoms with van der Waals surface area (Å²) in [4.78, 5) is 25.2. The smallest absolute Gasteiger partial charge is 0.270 e. The fourth-order valence-electron chi connectivity index (χ4n) is 3.11. The molecular formula is C23H31N3O6S. The highest BCUT2D eigenvalue weighted by molar-refractivity contribution is 7.89. The van der Waals surface area contributed by atoms with Crippen LogP contribution in [0.2, 0.25) is 0 Å². The van der Waals surface area contributed by atoms with Crippen LogP contribution in [0.4, 0.5) is 0 Å². The summed E-state index contributed by atoms with van der Waals surface area (Å²) < 4.78 is 37.7. The van der Waals surface area contributed by atoms with Gasteiger partial charge in [0.15, 0.2) is 11.5 Å². The highest BCUT2D eigenvalue weighted by Crippen LogP contribution is 2.28. The van der Waals surface area contributed by atoms with Crippen LogP contribution in [-0.2, 0) is 10.0 Å². The van der Waals surface area contributed by atoms with Crippen LogP contribution in [0.3, 0.4) is 0 Å². The van der Waals surface area contributed by atoms with E-state index in [0.717, 1.165) is 6.42 Å². The van der Waals surface area contributed by atoms with E-state index in [9.17, 15) is 18.0 Å². The number of nitrogens with zero attached hydrogens (tertiary/aromatic N) is 1. The molecule has 2 N–H and O–H groups in total. The molecule has 0 saturated carbocycles. The van der Waals surface area contributed by atoms with Gasteiger partial charge in [-0.2, -0.15) is 4.31 Å². The van der Waals surface area contributed by atoms with Crippen molar-refractivity contribution in [3.63, 3.8) is 0 Å². The normalized spacial score (nSPS) is 11.2. The van der Waals surface area contributed by atoms with Crippen LogP contribution in [-0.4, -0.2) is 51.3 Å². The first-order valence-electron chi connectivity index (χ1n) is 10.7. The summed E-state index contributed by atoms with van der Waals surface area (Å²) in [5.74, 6) is -0.282. The number of methoxy groups -OCH3 is 1. The van der Waals surface area contributed by atoms with Crippen molar-refractivity contribution >= 4 is 21.8 Å². The standard InChI is InChI=1S/C23H31N3O6S/c1-6-13-32-20-12-10-17(14-21(20)31-5)22(27)24-25-23(28)19-15-18(11-9-16(19)4)33(29,30)26(7-2)8-3/h9-12,14-15H,6-8,13H2,1-5H3,(H,24,27)(H,25,28). The molecule has 33 heavy (non-hydrogen) atoms. The highest BCUT2D eigenvalue weighted by atomic mass is 32.2. The highest BCUT2D eigenvalue weighted by Gasteiger charge is 2.23. The molecule has 0 aliphatic rings. The van der Waals surface area contributed by atoms with Crippen molar-refractivity contribution in [1.82, 2.24) is 15.2 Å². The average Bonchev–Trinajstić information content (AvgIpc) is 2.81. The summed E-state index contributed by atoms with van der Waals surface area (Å²) in [6.45, 7) is 8.30. The number of hydrogen-bond acceptors (Lipinski definition) is 6. The lowest BCUT2D eigenvalue weighted by Gasteiger charge is -2.19. The summed E-state index contributed by atoms with van der Waals surface area (Å²) in [5.41, 5.74) is 5.66. The molecule has 0 heterocycles. The summed E-state index contributed by atoms with van der Waals surface area (Å²) in [6.07, 6.45) is 0.828. The van der Waals surface area contributed by atoms with Crippen molar-refractivity contribution in [2.45, 2.75) is 39.0 Å². The lowest BCUT2D eigenvalue weighted by Crippen LogP contribution is -2.42. The first-order chi connectivity index (χ1) is 15.7.